The van der Waals surface area contributed by atoms with Crippen LogP contribution in [0, 0.1) is 0 Å². The Morgan fingerprint density at radius 2 is 1.67 bits per heavy atom. The zero-order valence-electron chi connectivity index (χ0n) is 15.9. The number of benzene rings is 2. The van der Waals surface area contributed by atoms with E-state index in [1.807, 2.05) is 36.4 Å². The Kier molecular flexibility index (Phi) is 5.54. The molecule has 0 fully saturated rings. The molecule has 1 aromatic heterocycles. The maximum atomic E-state index is 12.7. The summed E-state index contributed by atoms with van der Waals surface area (Å²) < 4.78 is 21.4. The third kappa shape index (κ3) is 4.00. The highest BCUT2D eigenvalue weighted by atomic mass is 16.5. The standard InChI is InChI=1S/C21H23NO5/c1-22(12-14-5-6-16(24-2)10-19(14)26-4)21(23)9-15-13-27-20-11-17(25-3)7-8-18(15)20/h5-8,10-11,13H,9,12H2,1-4H3. The van der Waals surface area contributed by atoms with Crippen LogP contribution in [0.2, 0.25) is 0 Å². The largest absolute Gasteiger partial charge is 0.497 e. The highest BCUT2D eigenvalue weighted by Gasteiger charge is 2.16. The van der Waals surface area contributed by atoms with E-state index in [0.717, 1.165) is 22.3 Å². The predicted octanol–water partition coefficient (Wildman–Crippen LogP) is 3.66. The first-order chi connectivity index (χ1) is 13.0. The lowest BCUT2D eigenvalue weighted by Crippen LogP contribution is -2.27. The molecule has 0 atom stereocenters. The van der Waals surface area contributed by atoms with Gasteiger partial charge in [-0.3, -0.25) is 4.79 Å². The summed E-state index contributed by atoms with van der Waals surface area (Å²) >= 11 is 0. The van der Waals surface area contributed by atoms with Crippen LogP contribution in [0.3, 0.4) is 0 Å². The second kappa shape index (κ2) is 8.03. The van der Waals surface area contributed by atoms with Crippen molar-refractivity contribution in [3.8, 4) is 17.2 Å². The Bertz CT molecular complexity index is 947. The van der Waals surface area contributed by atoms with Gasteiger partial charge in [-0.1, -0.05) is 0 Å². The molecular weight excluding hydrogens is 346 g/mol. The molecule has 6 nitrogen and oxygen atoms in total. The molecule has 0 aliphatic rings. The van der Waals surface area contributed by atoms with Crippen LogP contribution in [0.15, 0.2) is 47.1 Å². The van der Waals surface area contributed by atoms with Crippen molar-refractivity contribution in [1.82, 2.24) is 4.90 Å². The van der Waals surface area contributed by atoms with E-state index in [1.165, 1.54) is 0 Å². The molecule has 6 heteroatoms. The number of rotatable bonds is 7. The fraction of sp³-hybridized carbons (Fsp3) is 0.286. The number of hydrogen-bond donors (Lipinski definition) is 0. The summed E-state index contributed by atoms with van der Waals surface area (Å²) in [5.74, 6) is 2.12. The topological polar surface area (TPSA) is 61.1 Å². The first-order valence-electron chi connectivity index (χ1n) is 8.54. The van der Waals surface area contributed by atoms with Crippen molar-refractivity contribution in [2.45, 2.75) is 13.0 Å². The number of methoxy groups -OCH3 is 3. The Hall–Kier alpha value is -3.15. The number of amides is 1. The van der Waals surface area contributed by atoms with Gasteiger partial charge >= 0.3 is 0 Å². The molecule has 142 valence electrons. The lowest BCUT2D eigenvalue weighted by molar-refractivity contribution is -0.129. The van der Waals surface area contributed by atoms with Crippen molar-refractivity contribution < 1.29 is 23.4 Å². The quantitative estimate of drug-likeness (QED) is 0.636. The second-order valence-electron chi connectivity index (χ2n) is 6.23. The van der Waals surface area contributed by atoms with Gasteiger partial charge in [-0.25, -0.2) is 0 Å². The average Bonchev–Trinajstić information content (AvgIpc) is 3.09. The molecule has 0 aliphatic heterocycles. The summed E-state index contributed by atoms with van der Waals surface area (Å²) in [6.07, 6.45) is 1.89. The third-order valence-corrected chi connectivity index (χ3v) is 4.53. The van der Waals surface area contributed by atoms with Crippen LogP contribution in [0.5, 0.6) is 17.2 Å². The van der Waals surface area contributed by atoms with Crippen LogP contribution < -0.4 is 14.2 Å². The first-order valence-corrected chi connectivity index (χ1v) is 8.54. The number of hydrogen-bond acceptors (Lipinski definition) is 5. The highest BCUT2D eigenvalue weighted by Crippen LogP contribution is 2.27. The molecule has 1 amide bonds. The molecule has 3 aromatic rings. The van der Waals surface area contributed by atoms with Crippen molar-refractivity contribution in [1.29, 1.82) is 0 Å². The molecule has 3 rings (SSSR count). The van der Waals surface area contributed by atoms with Gasteiger partial charge in [-0.15, -0.1) is 0 Å². The third-order valence-electron chi connectivity index (χ3n) is 4.53. The molecular formula is C21H23NO5. The Labute approximate surface area is 158 Å². The molecule has 0 saturated carbocycles. The molecule has 2 aromatic carbocycles. The number of furan rings is 1. The van der Waals surface area contributed by atoms with E-state index in [1.54, 1.807) is 39.5 Å². The smallest absolute Gasteiger partial charge is 0.227 e. The molecule has 0 bridgehead atoms. The molecule has 0 N–H and O–H groups in total. The number of nitrogens with zero attached hydrogens (tertiary/aromatic N) is 1. The van der Waals surface area contributed by atoms with Crippen molar-refractivity contribution >= 4 is 16.9 Å². The highest BCUT2D eigenvalue weighted by molar-refractivity contribution is 5.88. The van der Waals surface area contributed by atoms with Crippen LogP contribution in [0.1, 0.15) is 11.1 Å². The molecule has 0 spiro atoms. The van der Waals surface area contributed by atoms with Gasteiger partial charge < -0.3 is 23.5 Å². The fourth-order valence-electron chi connectivity index (χ4n) is 2.95. The van der Waals surface area contributed by atoms with E-state index in [9.17, 15) is 4.79 Å². The molecule has 27 heavy (non-hydrogen) atoms. The van der Waals surface area contributed by atoms with Crippen molar-refractivity contribution in [2.75, 3.05) is 28.4 Å². The number of likely N-dealkylation sites (N-methyl/N-ethyl adjacent to an activating group) is 1. The van der Waals surface area contributed by atoms with E-state index in [-0.39, 0.29) is 12.3 Å². The van der Waals surface area contributed by atoms with Crippen molar-refractivity contribution in [2.24, 2.45) is 0 Å². The number of ether oxygens (including phenoxy) is 3. The number of fused-ring (bicyclic) bond motifs is 1. The van der Waals surface area contributed by atoms with Gasteiger partial charge in [0.1, 0.15) is 22.8 Å². The van der Waals surface area contributed by atoms with Crippen LogP contribution in [0.4, 0.5) is 0 Å². The lowest BCUT2D eigenvalue weighted by atomic mass is 10.1. The van der Waals surface area contributed by atoms with Crippen LogP contribution >= 0.6 is 0 Å². The summed E-state index contributed by atoms with van der Waals surface area (Å²) in [5, 5.41) is 0.916. The van der Waals surface area contributed by atoms with E-state index < -0.39 is 0 Å². The molecule has 0 unspecified atom stereocenters. The Morgan fingerprint density at radius 1 is 0.963 bits per heavy atom. The zero-order valence-corrected chi connectivity index (χ0v) is 15.9. The van der Waals surface area contributed by atoms with Gasteiger partial charge in [-0.2, -0.15) is 0 Å². The predicted molar refractivity (Wildman–Crippen MR) is 102 cm³/mol. The summed E-state index contributed by atoms with van der Waals surface area (Å²) in [4.78, 5) is 14.4. The van der Waals surface area contributed by atoms with Crippen LogP contribution in [-0.2, 0) is 17.8 Å². The summed E-state index contributed by atoms with van der Waals surface area (Å²) in [6, 6.07) is 11.2. The van der Waals surface area contributed by atoms with E-state index in [4.69, 9.17) is 18.6 Å². The summed E-state index contributed by atoms with van der Waals surface area (Å²) in [7, 11) is 6.59. The monoisotopic (exact) mass is 369 g/mol. The van der Waals surface area contributed by atoms with Gasteiger partial charge in [0.25, 0.3) is 0 Å². The summed E-state index contributed by atoms with van der Waals surface area (Å²) in [6.45, 7) is 0.440. The van der Waals surface area contributed by atoms with Gasteiger partial charge in [0.2, 0.25) is 5.91 Å². The fourth-order valence-corrected chi connectivity index (χ4v) is 2.95. The van der Waals surface area contributed by atoms with E-state index in [2.05, 4.69) is 0 Å². The van der Waals surface area contributed by atoms with Gasteiger partial charge in [0, 0.05) is 42.2 Å². The van der Waals surface area contributed by atoms with Crippen molar-refractivity contribution in [3.05, 3.63) is 53.8 Å². The Morgan fingerprint density at radius 3 is 2.37 bits per heavy atom. The molecule has 0 aliphatic carbocycles. The maximum absolute atomic E-state index is 12.7. The van der Waals surface area contributed by atoms with Gasteiger partial charge in [0.05, 0.1) is 34.0 Å². The average molecular weight is 369 g/mol. The SMILES string of the molecule is COc1ccc(CN(C)C(=O)Cc2coc3cc(OC)ccc23)c(OC)c1. The molecule has 0 radical (unpaired) electrons. The van der Waals surface area contributed by atoms with Gasteiger partial charge in [-0.05, 0) is 24.3 Å². The van der Waals surface area contributed by atoms with E-state index >= 15 is 0 Å². The normalized spacial score (nSPS) is 10.7. The Balaban J connectivity index is 1.73. The van der Waals surface area contributed by atoms with E-state index in [0.29, 0.717) is 23.6 Å². The first kappa shape index (κ1) is 18.6. The zero-order chi connectivity index (χ0) is 19.4. The van der Waals surface area contributed by atoms with Crippen molar-refractivity contribution in [3.63, 3.8) is 0 Å². The van der Waals surface area contributed by atoms with Crippen LogP contribution in [-0.4, -0.2) is 39.2 Å². The maximum Gasteiger partial charge on any atom is 0.227 e. The lowest BCUT2D eigenvalue weighted by Gasteiger charge is -2.19. The minimum absolute atomic E-state index is 0.00797. The minimum atomic E-state index is -0.00797. The molecule has 0 saturated heterocycles. The van der Waals surface area contributed by atoms with Gasteiger partial charge in [0.15, 0.2) is 0 Å². The minimum Gasteiger partial charge on any atom is -0.497 e. The number of carbonyl (C=O) groups is 1. The van der Waals surface area contributed by atoms with Crippen LogP contribution in [0.25, 0.3) is 11.0 Å². The number of carbonyl (C=O) groups excluding carboxylic acids is 1. The second-order valence-corrected chi connectivity index (χ2v) is 6.23. The summed E-state index contributed by atoms with van der Waals surface area (Å²) in [5.41, 5.74) is 2.47. The molecule has 1 heterocycles.